The Kier molecular flexibility index (Phi) is 4.42. The molecule has 0 bridgehead atoms. The highest BCUT2D eigenvalue weighted by atomic mass is 35.5. The predicted octanol–water partition coefficient (Wildman–Crippen LogP) is 1.74. The van der Waals surface area contributed by atoms with E-state index in [1.807, 2.05) is 0 Å². The normalized spacial score (nSPS) is 11.5. The van der Waals surface area contributed by atoms with Crippen molar-refractivity contribution >= 4 is 21.8 Å². The van der Waals surface area contributed by atoms with Gasteiger partial charge in [-0.1, -0.05) is 11.6 Å². The Balaban J connectivity index is 2.76. The van der Waals surface area contributed by atoms with Crippen molar-refractivity contribution in [1.82, 2.24) is 13.3 Å². The van der Waals surface area contributed by atoms with Crippen molar-refractivity contribution in [3.05, 3.63) is 35.2 Å². The molecule has 1 aromatic heterocycles. The highest BCUT2D eigenvalue weighted by Gasteiger charge is 2.28. The Hall–Kier alpha value is -2.08. The molecule has 9 heteroatoms. The Morgan fingerprint density at radius 2 is 1.91 bits per heavy atom. The molecule has 2 rings (SSSR count). The minimum Gasteiger partial charge on any atom is -0.497 e. The van der Waals surface area contributed by atoms with Gasteiger partial charge in [-0.3, -0.25) is 0 Å². The molecule has 1 aromatic carbocycles. The first-order valence-electron chi connectivity index (χ1n) is 6.08. The average molecular weight is 341 g/mol. The second kappa shape index (κ2) is 5.96. The van der Waals surface area contributed by atoms with Crippen LogP contribution < -0.4 is 4.74 Å². The van der Waals surface area contributed by atoms with Crippen LogP contribution in [0.25, 0.3) is 11.3 Å². The zero-order chi connectivity index (χ0) is 16.5. The van der Waals surface area contributed by atoms with E-state index in [1.54, 1.807) is 30.3 Å². The van der Waals surface area contributed by atoms with Crippen LogP contribution in [0.5, 0.6) is 5.75 Å². The predicted molar refractivity (Wildman–Crippen MR) is 81.9 cm³/mol. The zero-order valence-corrected chi connectivity index (χ0v) is 13.7. The van der Waals surface area contributed by atoms with Crippen LogP contribution in [0.3, 0.4) is 0 Å². The Labute approximate surface area is 133 Å². The molecule has 7 nitrogen and oxygen atoms in total. The van der Waals surface area contributed by atoms with Gasteiger partial charge in [0.05, 0.1) is 7.11 Å². The summed E-state index contributed by atoms with van der Waals surface area (Å²) in [7, 11) is 0.307. The number of hydrogen-bond donors (Lipinski definition) is 0. The maximum absolute atomic E-state index is 12.5. The molecule has 0 aliphatic heterocycles. The third-order valence-electron chi connectivity index (χ3n) is 2.95. The van der Waals surface area contributed by atoms with Crippen molar-refractivity contribution in [2.45, 2.75) is 0 Å². The standard InChI is InChI=1S/C13H13ClN4O3S/c1-17(2)22(19,20)18-11(8-15)16-13(14)12(18)9-4-6-10(21-3)7-5-9/h4-7H,1-3H3. The number of hydrogen-bond acceptors (Lipinski definition) is 5. The molecule has 0 N–H and O–H groups in total. The third-order valence-corrected chi connectivity index (χ3v) is 4.95. The summed E-state index contributed by atoms with van der Waals surface area (Å²) >= 11 is 6.05. The van der Waals surface area contributed by atoms with Gasteiger partial charge in [0.1, 0.15) is 17.5 Å². The lowest BCUT2D eigenvalue weighted by atomic mass is 10.1. The molecule has 22 heavy (non-hydrogen) atoms. The molecule has 0 atom stereocenters. The number of imidazole rings is 1. The van der Waals surface area contributed by atoms with Crippen LogP contribution >= 0.6 is 11.6 Å². The zero-order valence-electron chi connectivity index (χ0n) is 12.1. The van der Waals surface area contributed by atoms with Crippen LogP contribution in [0.2, 0.25) is 5.15 Å². The van der Waals surface area contributed by atoms with E-state index < -0.39 is 10.2 Å². The topological polar surface area (TPSA) is 88.2 Å². The van der Waals surface area contributed by atoms with Crippen molar-refractivity contribution < 1.29 is 13.2 Å². The fourth-order valence-electron chi connectivity index (χ4n) is 1.82. The fourth-order valence-corrected chi connectivity index (χ4v) is 3.20. The quantitative estimate of drug-likeness (QED) is 0.845. The summed E-state index contributed by atoms with van der Waals surface area (Å²) in [5.74, 6) is 0.312. The van der Waals surface area contributed by atoms with E-state index in [4.69, 9.17) is 21.6 Å². The summed E-state index contributed by atoms with van der Waals surface area (Å²) in [6.07, 6.45) is 0. The van der Waals surface area contributed by atoms with Gasteiger partial charge in [-0.15, -0.1) is 0 Å². The summed E-state index contributed by atoms with van der Waals surface area (Å²) in [4.78, 5) is 3.83. The first kappa shape index (κ1) is 16.3. The number of rotatable bonds is 4. The molecule has 0 radical (unpaired) electrons. The Morgan fingerprint density at radius 3 is 2.36 bits per heavy atom. The maximum atomic E-state index is 12.5. The van der Waals surface area contributed by atoms with Crippen molar-refractivity contribution in [1.29, 1.82) is 5.26 Å². The van der Waals surface area contributed by atoms with Crippen molar-refractivity contribution in [2.75, 3.05) is 21.2 Å². The number of nitriles is 1. The summed E-state index contributed by atoms with van der Waals surface area (Å²) in [6, 6.07) is 8.36. The second-order valence-corrected chi connectivity index (χ2v) is 6.82. The van der Waals surface area contributed by atoms with Crippen molar-refractivity contribution in [3.8, 4) is 23.1 Å². The molecule has 0 aliphatic carbocycles. The van der Waals surface area contributed by atoms with Crippen LogP contribution in [0.4, 0.5) is 0 Å². The molecule has 1 heterocycles. The van der Waals surface area contributed by atoms with E-state index in [0.29, 0.717) is 11.3 Å². The summed E-state index contributed by atoms with van der Waals surface area (Å²) in [6.45, 7) is 0. The highest BCUT2D eigenvalue weighted by molar-refractivity contribution is 7.87. The van der Waals surface area contributed by atoms with Gasteiger partial charge in [-0.05, 0) is 24.3 Å². The number of nitrogens with zero attached hydrogens (tertiary/aromatic N) is 4. The fraction of sp³-hybridized carbons (Fsp3) is 0.231. The lowest BCUT2D eigenvalue weighted by Crippen LogP contribution is -2.30. The van der Waals surface area contributed by atoms with Crippen LogP contribution in [0, 0.1) is 11.3 Å². The smallest absolute Gasteiger partial charge is 0.309 e. The van der Waals surface area contributed by atoms with Crippen molar-refractivity contribution in [3.63, 3.8) is 0 Å². The second-order valence-electron chi connectivity index (χ2n) is 4.47. The number of ether oxygens (including phenoxy) is 1. The van der Waals surface area contributed by atoms with E-state index in [0.717, 1.165) is 8.28 Å². The van der Waals surface area contributed by atoms with Gasteiger partial charge in [-0.25, -0.2) is 4.98 Å². The van der Waals surface area contributed by atoms with Gasteiger partial charge in [0.15, 0.2) is 5.15 Å². The van der Waals surface area contributed by atoms with Gasteiger partial charge in [-0.2, -0.15) is 22.0 Å². The molecule has 0 spiro atoms. The number of aromatic nitrogens is 2. The minimum absolute atomic E-state index is 0.0628. The molecule has 0 aliphatic rings. The first-order valence-corrected chi connectivity index (χ1v) is 7.86. The van der Waals surface area contributed by atoms with E-state index in [9.17, 15) is 8.42 Å². The Morgan fingerprint density at radius 1 is 1.32 bits per heavy atom. The van der Waals surface area contributed by atoms with Gasteiger partial charge < -0.3 is 4.74 Å². The van der Waals surface area contributed by atoms with Crippen LogP contribution in [0.1, 0.15) is 5.82 Å². The Bertz CT molecular complexity index is 835. The first-order chi connectivity index (χ1) is 10.3. The van der Waals surface area contributed by atoms with Gasteiger partial charge >= 0.3 is 10.2 Å². The summed E-state index contributed by atoms with van der Waals surface area (Å²) < 4.78 is 31.8. The SMILES string of the molecule is COc1ccc(-c2c(Cl)nc(C#N)n2S(=O)(=O)N(C)C)cc1. The molecule has 2 aromatic rings. The molecular formula is C13H13ClN4O3S. The largest absolute Gasteiger partial charge is 0.497 e. The summed E-state index contributed by atoms with van der Waals surface area (Å²) in [5.41, 5.74) is 0.639. The van der Waals surface area contributed by atoms with E-state index in [2.05, 4.69) is 4.98 Å². The van der Waals surface area contributed by atoms with Gasteiger partial charge in [0.25, 0.3) is 0 Å². The average Bonchev–Trinajstić information content (AvgIpc) is 2.84. The van der Waals surface area contributed by atoms with Gasteiger partial charge in [0, 0.05) is 19.7 Å². The van der Waals surface area contributed by atoms with Crippen molar-refractivity contribution in [2.24, 2.45) is 0 Å². The van der Waals surface area contributed by atoms with Crippen LogP contribution in [0.15, 0.2) is 24.3 Å². The van der Waals surface area contributed by atoms with Gasteiger partial charge in [0.2, 0.25) is 5.82 Å². The number of halogens is 1. The monoisotopic (exact) mass is 340 g/mol. The molecule has 0 fully saturated rings. The highest BCUT2D eigenvalue weighted by Crippen LogP contribution is 2.31. The van der Waals surface area contributed by atoms with E-state index >= 15 is 0 Å². The molecule has 0 unspecified atom stereocenters. The van der Waals surface area contributed by atoms with E-state index in [1.165, 1.54) is 21.2 Å². The third kappa shape index (κ3) is 2.66. The minimum atomic E-state index is -3.94. The number of methoxy groups -OCH3 is 1. The maximum Gasteiger partial charge on any atom is 0.309 e. The lowest BCUT2D eigenvalue weighted by molar-refractivity contribution is 0.415. The summed E-state index contributed by atoms with van der Waals surface area (Å²) in [5, 5.41) is 9.07. The van der Waals surface area contributed by atoms with Crippen LogP contribution in [-0.2, 0) is 10.2 Å². The molecule has 116 valence electrons. The molecule has 0 saturated carbocycles. The molecule has 0 amide bonds. The molecule has 0 saturated heterocycles. The lowest BCUT2D eigenvalue weighted by Gasteiger charge is -2.15. The molecular weight excluding hydrogens is 328 g/mol. The van der Waals surface area contributed by atoms with Crippen LogP contribution in [-0.4, -0.2) is 42.9 Å². The number of benzene rings is 1. The van der Waals surface area contributed by atoms with E-state index in [-0.39, 0.29) is 16.7 Å².